The number of nitrogens with one attached hydrogen (secondary N) is 1. The van der Waals surface area contributed by atoms with Crippen LogP contribution in [-0.2, 0) is 14.3 Å². The molecule has 1 rings (SSSR count). The van der Waals surface area contributed by atoms with Gasteiger partial charge in [-0.3, -0.25) is 4.79 Å². The van der Waals surface area contributed by atoms with Crippen molar-refractivity contribution in [3.8, 4) is 0 Å². The molecule has 0 unspecified atom stereocenters. The minimum absolute atomic E-state index is 0.140. The fourth-order valence-electron chi connectivity index (χ4n) is 1.63. The topological polar surface area (TPSA) is 50.8 Å². The molecule has 1 aliphatic carbocycles. The molecule has 0 aromatic rings. The zero-order chi connectivity index (χ0) is 13.2. The van der Waals surface area contributed by atoms with Gasteiger partial charge in [-0.2, -0.15) is 0 Å². The maximum atomic E-state index is 12.0. The highest BCUT2D eigenvalue weighted by molar-refractivity contribution is 5.78. The van der Waals surface area contributed by atoms with Gasteiger partial charge >= 0.3 is 0 Å². The van der Waals surface area contributed by atoms with Gasteiger partial charge in [0, 0.05) is 32.3 Å². The molecular weight excluding hydrogens is 232 g/mol. The van der Waals surface area contributed by atoms with Crippen LogP contribution < -0.4 is 5.32 Å². The minimum atomic E-state index is 0.140. The van der Waals surface area contributed by atoms with Crippen molar-refractivity contribution < 1.29 is 14.3 Å². The molecule has 5 nitrogen and oxygen atoms in total. The van der Waals surface area contributed by atoms with Crippen LogP contribution in [0.1, 0.15) is 26.7 Å². The normalized spacial score (nSPS) is 14.8. The monoisotopic (exact) mass is 258 g/mol. The third-order valence-electron chi connectivity index (χ3n) is 2.89. The van der Waals surface area contributed by atoms with E-state index in [0.29, 0.717) is 52.1 Å². The van der Waals surface area contributed by atoms with Crippen molar-refractivity contribution in [2.75, 3.05) is 46.1 Å². The Hall–Kier alpha value is -0.650. The molecule has 1 N–H and O–H groups in total. The Balaban J connectivity index is 2.22. The van der Waals surface area contributed by atoms with Gasteiger partial charge in [-0.25, -0.2) is 0 Å². The van der Waals surface area contributed by atoms with Gasteiger partial charge in [0.05, 0.1) is 19.8 Å². The SMILES string of the molecule is CCOCCN(CCOCC)C(=O)CNC1CC1. The number of hydrogen-bond donors (Lipinski definition) is 1. The lowest BCUT2D eigenvalue weighted by Crippen LogP contribution is -2.42. The summed E-state index contributed by atoms with van der Waals surface area (Å²) in [5, 5.41) is 3.24. The average Bonchev–Trinajstić information content (AvgIpc) is 3.18. The molecule has 0 aromatic carbocycles. The molecule has 0 heterocycles. The second-order valence-electron chi connectivity index (χ2n) is 4.43. The van der Waals surface area contributed by atoms with Crippen molar-refractivity contribution in [3.63, 3.8) is 0 Å². The van der Waals surface area contributed by atoms with E-state index in [9.17, 15) is 4.79 Å². The summed E-state index contributed by atoms with van der Waals surface area (Å²) in [4.78, 5) is 13.8. The molecule has 18 heavy (non-hydrogen) atoms. The first-order valence-corrected chi connectivity index (χ1v) is 6.94. The molecule has 0 radical (unpaired) electrons. The molecule has 106 valence electrons. The average molecular weight is 258 g/mol. The Morgan fingerprint density at radius 1 is 1.17 bits per heavy atom. The van der Waals surface area contributed by atoms with Crippen LogP contribution >= 0.6 is 0 Å². The van der Waals surface area contributed by atoms with Gasteiger partial charge in [0.2, 0.25) is 5.91 Å². The largest absolute Gasteiger partial charge is 0.380 e. The molecule has 1 amide bonds. The highest BCUT2D eigenvalue weighted by atomic mass is 16.5. The lowest BCUT2D eigenvalue weighted by Gasteiger charge is -2.22. The van der Waals surface area contributed by atoms with Gasteiger partial charge in [-0.05, 0) is 26.7 Å². The predicted molar refractivity (Wildman–Crippen MR) is 70.6 cm³/mol. The molecule has 1 saturated carbocycles. The van der Waals surface area contributed by atoms with E-state index in [0.717, 1.165) is 0 Å². The van der Waals surface area contributed by atoms with Crippen LogP contribution in [0.25, 0.3) is 0 Å². The Morgan fingerprint density at radius 3 is 2.17 bits per heavy atom. The van der Waals surface area contributed by atoms with E-state index in [4.69, 9.17) is 9.47 Å². The standard InChI is InChI=1S/C13H26N2O3/c1-3-17-9-7-15(8-10-18-4-2)13(16)11-14-12-5-6-12/h12,14H,3-11H2,1-2H3. The molecule has 5 heteroatoms. The molecule has 1 fully saturated rings. The lowest BCUT2D eigenvalue weighted by atomic mass is 10.4. The molecule has 0 atom stereocenters. The van der Waals surface area contributed by atoms with E-state index in [-0.39, 0.29) is 5.91 Å². The number of hydrogen-bond acceptors (Lipinski definition) is 4. The summed E-state index contributed by atoms with van der Waals surface area (Å²) < 4.78 is 10.6. The van der Waals surface area contributed by atoms with E-state index < -0.39 is 0 Å². The van der Waals surface area contributed by atoms with Crippen LogP contribution in [0.4, 0.5) is 0 Å². The summed E-state index contributed by atoms with van der Waals surface area (Å²) in [7, 11) is 0. The fraction of sp³-hybridized carbons (Fsp3) is 0.923. The Morgan fingerprint density at radius 2 is 1.72 bits per heavy atom. The number of nitrogens with zero attached hydrogens (tertiary/aromatic N) is 1. The second kappa shape index (κ2) is 9.30. The van der Waals surface area contributed by atoms with Crippen molar-refractivity contribution in [3.05, 3.63) is 0 Å². The lowest BCUT2D eigenvalue weighted by molar-refractivity contribution is -0.131. The Bertz CT molecular complexity index is 222. The number of amides is 1. The van der Waals surface area contributed by atoms with Gasteiger partial charge in [0.25, 0.3) is 0 Å². The molecule has 0 spiro atoms. The maximum Gasteiger partial charge on any atom is 0.236 e. The van der Waals surface area contributed by atoms with Crippen molar-refractivity contribution in [1.82, 2.24) is 10.2 Å². The molecule has 1 aliphatic rings. The van der Waals surface area contributed by atoms with E-state index in [1.807, 2.05) is 18.7 Å². The summed E-state index contributed by atoms with van der Waals surface area (Å²) in [6, 6.07) is 0.564. The molecular formula is C13H26N2O3. The minimum Gasteiger partial charge on any atom is -0.380 e. The third-order valence-corrected chi connectivity index (χ3v) is 2.89. The number of rotatable bonds is 11. The fourth-order valence-corrected chi connectivity index (χ4v) is 1.63. The van der Waals surface area contributed by atoms with Crippen LogP contribution in [0.2, 0.25) is 0 Å². The molecule has 0 bridgehead atoms. The van der Waals surface area contributed by atoms with Crippen LogP contribution in [0.15, 0.2) is 0 Å². The highest BCUT2D eigenvalue weighted by Crippen LogP contribution is 2.18. The van der Waals surface area contributed by atoms with Crippen LogP contribution in [-0.4, -0.2) is 62.9 Å². The Labute approximate surface area is 110 Å². The van der Waals surface area contributed by atoms with Crippen molar-refractivity contribution in [2.45, 2.75) is 32.7 Å². The predicted octanol–water partition coefficient (Wildman–Crippen LogP) is 0.640. The van der Waals surface area contributed by atoms with E-state index >= 15 is 0 Å². The molecule has 0 aromatic heterocycles. The summed E-state index contributed by atoms with van der Waals surface area (Å²) in [5.41, 5.74) is 0. The Kier molecular flexibility index (Phi) is 7.96. The smallest absolute Gasteiger partial charge is 0.236 e. The zero-order valence-electron chi connectivity index (χ0n) is 11.6. The number of carbonyl (C=O) groups excluding carboxylic acids is 1. The molecule has 0 saturated heterocycles. The van der Waals surface area contributed by atoms with Crippen molar-refractivity contribution in [1.29, 1.82) is 0 Å². The van der Waals surface area contributed by atoms with Crippen molar-refractivity contribution in [2.24, 2.45) is 0 Å². The van der Waals surface area contributed by atoms with Gasteiger partial charge in [-0.1, -0.05) is 0 Å². The van der Waals surface area contributed by atoms with Crippen LogP contribution in [0, 0.1) is 0 Å². The number of ether oxygens (including phenoxy) is 2. The first-order valence-electron chi connectivity index (χ1n) is 6.94. The van der Waals surface area contributed by atoms with Gasteiger partial charge in [-0.15, -0.1) is 0 Å². The first-order chi connectivity index (χ1) is 8.77. The van der Waals surface area contributed by atoms with Gasteiger partial charge in [0.15, 0.2) is 0 Å². The summed E-state index contributed by atoms with van der Waals surface area (Å²) in [5.74, 6) is 0.140. The van der Waals surface area contributed by atoms with E-state index in [1.165, 1.54) is 12.8 Å². The quantitative estimate of drug-likeness (QED) is 0.553. The summed E-state index contributed by atoms with van der Waals surface area (Å²) in [6.07, 6.45) is 2.40. The van der Waals surface area contributed by atoms with E-state index in [1.54, 1.807) is 0 Å². The van der Waals surface area contributed by atoms with Gasteiger partial charge in [0.1, 0.15) is 0 Å². The first kappa shape index (κ1) is 15.4. The number of carbonyl (C=O) groups is 1. The second-order valence-corrected chi connectivity index (χ2v) is 4.43. The summed E-state index contributed by atoms with van der Waals surface area (Å²) in [6.45, 7) is 8.21. The maximum absolute atomic E-state index is 12.0. The van der Waals surface area contributed by atoms with Crippen LogP contribution in [0.3, 0.4) is 0 Å². The molecule has 0 aliphatic heterocycles. The van der Waals surface area contributed by atoms with Crippen LogP contribution in [0.5, 0.6) is 0 Å². The van der Waals surface area contributed by atoms with Gasteiger partial charge < -0.3 is 19.7 Å². The third kappa shape index (κ3) is 6.93. The highest BCUT2D eigenvalue weighted by Gasteiger charge is 2.22. The van der Waals surface area contributed by atoms with E-state index in [2.05, 4.69) is 5.32 Å². The van der Waals surface area contributed by atoms with Crippen molar-refractivity contribution >= 4 is 5.91 Å². The summed E-state index contributed by atoms with van der Waals surface area (Å²) >= 11 is 0. The zero-order valence-corrected chi connectivity index (χ0v) is 11.6.